The minimum atomic E-state index is 0.602. The molecule has 0 saturated carbocycles. The van der Waals surface area contributed by atoms with E-state index < -0.39 is 0 Å². The third-order valence-electron chi connectivity index (χ3n) is 2.80. The van der Waals surface area contributed by atoms with Crippen molar-refractivity contribution in [3.05, 3.63) is 46.4 Å². The molecule has 2 rings (SSSR count). The van der Waals surface area contributed by atoms with Gasteiger partial charge in [-0.15, -0.1) is 0 Å². The average Bonchev–Trinajstić information content (AvgIpc) is 2.39. The predicted octanol–water partition coefficient (Wildman–Crippen LogP) is 4.48. The topological polar surface area (TPSA) is 47.3 Å². The van der Waals surface area contributed by atoms with E-state index in [4.69, 9.17) is 10.5 Å². The highest BCUT2D eigenvalue weighted by Crippen LogP contribution is 2.32. The Labute approximate surface area is 121 Å². The van der Waals surface area contributed by atoms with Crippen molar-refractivity contribution in [3.8, 4) is 5.75 Å². The lowest BCUT2D eigenvalue weighted by Crippen LogP contribution is -2.01. The van der Waals surface area contributed by atoms with Gasteiger partial charge in [-0.1, -0.05) is 22.0 Å². The van der Waals surface area contributed by atoms with E-state index in [1.54, 1.807) is 0 Å². The number of hydrogen-bond acceptors (Lipinski definition) is 3. The van der Waals surface area contributed by atoms with Crippen molar-refractivity contribution in [1.82, 2.24) is 0 Å². The van der Waals surface area contributed by atoms with Gasteiger partial charge in [0.25, 0.3) is 0 Å². The third kappa shape index (κ3) is 3.20. The van der Waals surface area contributed by atoms with E-state index in [0.29, 0.717) is 18.0 Å². The summed E-state index contributed by atoms with van der Waals surface area (Å²) in [6, 6.07) is 11.8. The smallest absolute Gasteiger partial charge is 0.144 e. The van der Waals surface area contributed by atoms with Gasteiger partial charge in [0.15, 0.2) is 0 Å². The number of benzene rings is 2. The van der Waals surface area contributed by atoms with Crippen molar-refractivity contribution >= 4 is 33.0 Å². The van der Waals surface area contributed by atoms with Crippen molar-refractivity contribution in [1.29, 1.82) is 0 Å². The standard InChI is InChI=1S/C15H17BrN2O/c1-3-19-14-6-4-5-13(15(14)17)18-11-7-8-12(16)10(2)9-11/h4-9,18H,3,17H2,1-2H3. The summed E-state index contributed by atoms with van der Waals surface area (Å²) < 4.78 is 6.58. The van der Waals surface area contributed by atoms with E-state index in [1.807, 2.05) is 37.3 Å². The van der Waals surface area contributed by atoms with E-state index in [0.717, 1.165) is 15.8 Å². The fourth-order valence-corrected chi connectivity index (χ4v) is 2.06. The predicted molar refractivity (Wildman–Crippen MR) is 84.2 cm³/mol. The molecule has 3 nitrogen and oxygen atoms in total. The number of ether oxygens (including phenoxy) is 1. The monoisotopic (exact) mass is 320 g/mol. The zero-order chi connectivity index (χ0) is 13.8. The molecular formula is C15H17BrN2O. The van der Waals surface area contributed by atoms with Crippen molar-refractivity contribution in [2.24, 2.45) is 0 Å². The highest BCUT2D eigenvalue weighted by Gasteiger charge is 2.06. The van der Waals surface area contributed by atoms with Crippen molar-refractivity contribution in [2.45, 2.75) is 13.8 Å². The summed E-state index contributed by atoms with van der Waals surface area (Å²) in [5, 5.41) is 3.31. The van der Waals surface area contributed by atoms with E-state index >= 15 is 0 Å². The quantitative estimate of drug-likeness (QED) is 0.816. The molecule has 0 heterocycles. The lowest BCUT2D eigenvalue weighted by molar-refractivity contribution is 0.342. The fraction of sp³-hybridized carbons (Fsp3) is 0.200. The van der Waals surface area contributed by atoms with Gasteiger partial charge in [-0.05, 0) is 49.7 Å². The average molecular weight is 321 g/mol. The normalized spacial score (nSPS) is 10.3. The maximum absolute atomic E-state index is 6.09. The van der Waals surface area contributed by atoms with E-state index in [9.17, 15) is 0 Å². The van der Waals surface area contributed by atoms with Crippen molar-refractivity contribution in [2.75, 3.05) is 17.7 Å². The number of hydrogen-bond donors (Lipinski definition) is 2. The van der Waals surface area contributed by atoms with Crippen LogP contribution >= 0.6 is 15.9 Å². The van der Waals surface area contributed by atoms with Gasteiger partial charge in [0, 0.05) is 10.2 Å². The molecule has 0 fully saturated rings. The first kappa shape index (κ1) is 13.7. The second-order valence-electron chi connectivity index (χ2n) is 4.24. The number of anilines is 3. The van der Waals surface area contributed by atoms with Crippen LogP contribution in [-0.2, 0) is 0 Å². The number of para-hydroxylation sites is 1. The molecule has 0 saturated heterocycles. The van der Waals surface area contributed by atoms with Gasteiger partial charge in [-0.25, -0.2) is 0 Å². The molecule has 0 aliphatic rings. The number of nitrogen functional groups attached to an aromatic ring is 1. The molecule has 2 aromatic rings. The SMILES string of the molecule is CCOc1cccc(Nc2ccc(Br)c(C)c2)c1N. The van der Waals surface area contributed by atoms with E-state index in [2.05, 4.69) is 34.2 Å². The van der Waals surface area contributed by atoms with Crippen LogP contribution in [0.5, 0.6) is 5.75 Å². The molecule has 0 aliphatic carbocycles. The van der Waals surface area contributed by atoms with Gasteiger partial charge in [-0.3, -0.25) is 0 Å². The largest absolute Gasteiger partial charge is 0.492 e. The van der Waals surface area contributed by atoms with Gasteiger partial charge in [0.2, 0.25) is 0 Å². The number of rotatable bonds is 4. The van der Waals surface area contributed by atoms with E-state index in [1.165, 1.54) is 5.56 Å². The highest BCUT2D eigenvalue weighted by atomic mass is 79.9. The zero-order valence-electron chi connectivity index (χ0n) is 11.0. The highest BCUT2D eigenvalue weighted by molar-refractivity contribution is 9.10. The lowest BCUT2D eigenvalue weighted by atomic mass is 10.2. The summed E-state index contributed by atoms with van der Waals surface area (Å²) in [5.74, 6) is 0.710. The summed E-state index contributed by atoms with van der Waals surface area (Å²) in [6.45, 7) is 4.60. The second kappa shape index (κ2) is 5.97. The van der Waals surface area contributed by atoms with Crippen LogP contribution in [0.15, 0.2) is 40.9 Å². The molecule has 0 aliphatic heterocycles. The van der Waals surface area contributed by atoms with Crippen LogP contribution in [0.3, 0.4) is 0 Å². The third-order valence-corrected chi connectivity index (χ3v) is 3.69. The molecular weight excluding hydrogens is 304 g/mol. The van der Waals surface area contributed by atoms with Gasteiger partial charge in [0.1, 0.15) is 5.75 Å². The molecule has 4 heteroatoms. The van der Waals surface area contributed by atoms with Gasteiger partial charge >= 0.3 is 0 Å². The summed E-state index contributed by atoms with van der Waals surface area (Å²) in [6.07, 6.45) is 0. The Morgan fingerprint density at radius 3 is 2.74 bits per heavy atom. The van der Waals surface area contributed by atoms with Crippen LogP contribution in [0.4, 0.5) is 17.1 Å². The first-order chi connectivity index (χ1) is 9.11. The van der Waals surface area contributed by atoms with Crippen molar-refractivity contribution in [3.63, 3.8) is 0 Å². The number of aryl methyl sites for hydroxylation is 1. The summed E-state index contributed by atoms with van der Waals surface area (Å²) >= 11 is 3.49. The molecule has 100 valence electrons. The summed E-state index contributed by atoms with van der Waals surface area (Å²) in [4.78, 5) is 0. The van der Waals surface area contributed by atoms with Gasteiger partial charge in [-0.2, -0.15) is 0 Å². The fourth-order valence-electron chi connectivity index (χ4n) is 1.81. The number of nitrogens with two attached hydrogens (primary N) is 1. The number of nitrogens with one attached hydrogen (secondary N) is 1. The second-order valence-corrected chi connectivity index (χ2v) is 5.09. The zero-order valence-corrected chi connectivity index (χ0v) is 12.6. The van der Waals surface area contributed by atoms with Crippen LogP contribution < -0.4 is 15.8 Å². The molecule has 0 bridgehead atoms. The number of halogens is 1. The van der Waals surface area contributed by atoms with Crippen LogP contribution in [0.25, 0.3) is 0 Å². The Balaban J connectivity index is 2.27. The Kier molecular flexibility index (Phi) is 4.32. The summed E-state index contributed by atoms with van der Waals surface area (Å²) in [7, 11) is 0. The van der Waals surface area contributed by atoms with E-state index in [-0.39, 0.29) is 0 Å². The first-order valence-electron chi connectivity index (χ1n) is 6.16. The minimum Gasteiger partial charge on any atom is -0.492 e. The maximum Gasteiger partial charge on any atom is 0.144 e. The molecule has 0 amide bonds. The molecule has 19 heavy (non-hydrogen) atoms. The lowest BCUT2D eigenvalue weighted by Gasteiger charge is -2.13. The Hall–Kier alpha value is -1.68. The molecule has 0 spiro atoms. The van der Waals surface area contributed by atoms with Gasteiger partial charge < -0.3 is 15.8 Å². The molecule has 0 radical (unpaired) electrons. The molecule has 2 aromatic carbocycles. The molecule has 0 atom stereocenters. The van der Waals surface area contributed by atoms with Crippen molar-refractivity contribution < 1.29 is 4.74 Å². The van der Waals surface area contributed by atoms with Crippen LogP contribution in [0.2, 0.25) is 0 Å². The van der Waals surface area contributed by atoms with Gasteiger partial charge in [0.05, 0.1) is 18.0 Å². The molecule has 0 unspecified atom stereocenters. The van der Waals surface area contributed by atoms with Crippen LogP contribution in [0.1, 0.15) is 12.5 Å². The minimum absolute atomic E-state index is 0.602. The first-order valence-corrected chi connectivity index (χ1v) is 6.95. The molecule has 3 N–H and O–H groups in total. The Morgan fingerprint density at radius 1 is 1.26 bits per heavy atom. The molecule has 0 aromatic heterocycles. The summed E-state index contributed by atoms with van der Waals surface area (Å²) in [5.41, 5.74) is 9.74. The Morgan fingerprint density at radius 2 is 2.05 bits per heavy atom. The Bertz CT molecular complexity index is 584. The maximum atomic E-state index is 6.09. The van der Waals surface area contributed by atoms with Crippen LogP contribution in [0, 0.1) is 6.92 Å². The van der Waals surface area contributed by atoms with Crippen LogP contribution in [-0.4, -0.2) is 6.61 Å².